The molecule has 0 N–H and O–H groups in total. The SMILES string of the molecule is CCCCCCCCCCCCc1ccccc1OP=O. The molecule has 0 atom stereocenters. The first kappa shape index (κ1) is 18.2. The van der Waals surface area contributed by atoms with Gasteiger partial charge < -0.3 is 4.52 Å². The summed E-state index contributed by atoms with van der Waals surface area (Å²) >= 11 is 0. The van der Waals surface area contributed by atoms with E-state index in [2.05, 4.69) is 13.0 Å². The summed E-state index contributed by atoms with van der Waals surface area (Å²) in [5.41, 5.74) is 1.17. The van der Waals surface area contributed by atoms with Gasteiger partial charge in [-0.3, -0.25) is 0 Å². The highest BCUT2D eigenvalue weighted by atomic mass is 31.1. The first-order valence-corrected chi connectivity index (χ1v) is 9.19. The third-order valence-electron chi connectivity index (χ3n) is 3.91. The summed E-state index contributed by atoms with van der Waals surface area (Å²) in [6, 6.07) is 7.88. The highest BCUT2D eigenvalue weighted by molar-refractivity contribution is 7.17. The maximum Gasteiger partial charge on any atom is 0.395 e. The van der Waals surface area contributed by atoms with Gasteiger partial charge >= 0.3 is 8.69 Å². The van der Waals surface area contributed by atoms with Gasteiger partial charge in [-0.05, 0) is 24.5 Å². The Morgan fingerprint density at radius 2 is 1.43 bits per heavy atom. The van der Waals surface area contributed by atoms with Crippen LogP contribution in [0.2, 0.25) is 0 Å². The Balaban J connectivity index is 2.03. The predicted molar refractivity (Wildman–Crippen MR) is 90.2 cm³/mol. The molecule has 1 aromatic rings. The van der Waals surface area contributed by atoms with Crippen molar-refractivity contribution >= 4 is 8.69 Å². The molecule has 21 heavy (non-hydrogen) atoms. The fourth-order valence-corrected chi connectivity index (χ4v) is 2.90. The molecule has 2 nitrogen and oxygen atoms in total. The molecular formula is C18H29O2P. The lowest BCUT2D eigenvalue weighted by Gasteiger charge is -2.06. The van der Waals surface area contributed by atoms with Gasteiger partial charge in [-0.2, -0.15) is 0 Å². The van der Waals surface area contributed by atoms with E-state index in [9.17, 15) is 4.57 Å². The molecule has 1 rings (SSSR count). The molecule has 0 fully saturated rings. The van der Waals surface area contributed by atoms with Gasteiger partial charge in [0.15, 0.2) is 0 Å². The van der Waals surface area contributed by atoms with Crippen molar-refractivity contribution in [3.63, 3.8) is 0 Å². The highest BCUT2D eigenvalue weighted by Gasteiger charge is 2.02. The lowest BCUT2D eigenvalue weighted by atomic mass is 10.0. The Morgan fingerprint density at radius 3 is 2.05 bits per heavy atom. The van der Waals surface area contributed by atoms with Crippen molar-refractivity contribution < 1.29 is 9.09 Å². The quantitative estimate of drug-likeness (QED) is 0.298. The van der Waals surface area contributed by atoms with Crippen LogP contribution in [0.25, 0.3) is 0 Å². The second-order valence-corrected chi connectivity index (χ2v) is 6.04. The minimum Gasteiger partial charge on any atom is -0.407 e. The van der Waals surface area contributed by atoms with Crippen LogP contribution < -0.4 is 4.52 Å². The van der Waals surface area contributed by atoms with Gasteiger partial charge in [0.25, 0.3) is 0 Å². The fourth-order valence-electron chi connectivity index (χ4n) is 2.64. The number of unbranched alkanes of at least 4 members (excludes halogenated alkanes) is 9. The maximum absolute atomic E-state index is 10.5. The van der Waals surface area contributed by atoms with Crippen LogP contribution >= 0.6 is 8.69 Å². The summed E-state index contributed by atoms with van der Waals surface area (Å²) in [4.78, 5) is 0. The van der Waals surface area contributed by atoms with Crippen molar-refractivity contribution in [3.05, 3.63) is 29.8 Å². The topological polar surface area (TPSA) is 26.3 Å². The zero-order chi connectivity index (χ0) is 15.2. The second-order valence-electron chi connectivity index (χ2n) is 5.71. The van der Waals surface area contributed by atoms with E-state index in [4.69, 9.17) is 4.52 Å². The van der Waals surface area contributed by atoms with E-state index in [0.717, 1.165) is 12.2 Å². The molecule has 0 unspecified atom stereocenters. The van der Waals surface area contributed by atoms with Gasteiger partial charge in [-0.15, -0.1) is 0 Å². The van der Waals surface area contributed by atoms with Crippen LogP contribution in [0.4, 0.5) is 0 Å². The van der Waals surface area contributed by atoms with Crippen LogP contribution in [-0.4, -0.2) is 0 Å². The molecule has 0 aromatic heterocycles. The molecule has 0 saturated carbocycles. The molecule has 0 aliphatic rings. The van der Waals surface area contributed by atoms with E-state index in [1.54, 1.807) is 0 Å². The Labute approximate surface area is 131 Å². The summed E-state index contributed by atoms with van der Waals surface area (Å²) in [6.07, 6.45) is 14.5. The fraction of sp³-hybridized carbons (Fsp3) is 0.667. The predicted octanol–water partition coefficient (Wildman–Crippen LogP) is 6.74. The minimum atomic E-state index is -0.268. The molecule has 118 valence electrons. The van der Waals surface area contributed by atoms with Crippen molar-refractivity contribution in [3.8, 4) is 5.75 Å². The number of benzene rings is 1. The first-order chi connectivity index (χ1) is 10.4. The average molecular weight is 308 g/mol. The largest absolute Gasteiger partial charge is 0.407 e. The maximum atomic E-state index is 10.5. The lowest BCUT2D eigenvalue weighted by molar-refractivity contribution is 0.519. The Bertz CT molecular complexity index is 379. The number of hydrogen-bond acceptors (Lipinski definition) is 2. The van der Waals surface area contributed by atoms with E-state index in [0.29, 0.717) is 0 Å². The van der Waals surface area contributed by atoms with Crippen molar-refractivity contribution in [1.29, 1.82) is 0 Å². The molecule has 0 aliphatic heterocycles. The van der Waals surface area contributed by atoms with Gasteiger partial charge in [-0.25, -0.2) is 4.57 Å². The lowest BCUT2D eigenvalue weighted by Crippen LogP contribution is -1.90. The summed E-state index contributed by atoms with van der Waals surface area (Å²) in [5.74, 6) is 0.755. The number of hydrogen-bond donors (Lipinski definition) is 0. The number of aryl methyl sites for hydroxylation is 1. The normalized spacial score (nSPS) is 10.9. The van der Waals surface area contributed by atoms with E-state index < -0.39 is 0 Å². The van der Waals surface area contributed by atoms with Gasteiger partial charge in [-0.1, -0.05) is 82.9 Å². The van der Waals surface area contributed by atoms with Crippen molar-refractivity contribution in [2.75, 3.05) is 0 Å². The highest BCUT2D eigenvalue weighted by Crippen LogP contribution is 2.23. The van der Waals surface area contributed by atoms with Crippen molar-refractivity contribution in [1.82, 2.24) is 0 Å². The molecule has 1 aromatic carbocycles. The van der Waals surface area contributed by atoms with Gasteiger partial charge in [0.1, 0.15) is 5.75 Å². The molecule has 0 amide bonds. The molecular weight excluding hydrogens is 279 g/mol. The van der Waals surface area contributed by atoms with Crippen LogP contribution in [0.5, 0.6) is 5.75 Å². The molecule has 0 spiro atoms. The van der Waals surface area contributed by atoms with E-state index >= 15 is 0 Å². The molecule has 0 aliphatic carbocycles. The average Bonchev–Trinajstić information content (AvgIpc) is 2.51. The second kappa shape index (κ2) is 12.8. The van der Waals surface area contributed by atoms with Gasteiger partial charge in [0.2, 0.25) is 0 Å². The van der Waals surface area contributed by atoms with Crippen molar-refractivity contribution in [2.45, 2.75) is 77.6 Å². The first-order valence-electron chi connectivity index (χ1n) is 8.46. The molecule has 0 radical (unpaired) electrons. The summed E-state index contributed by atoms with van der Waals surface area (Å²) in [7, 11) is -0.268. The Hall–Kier alpha value is -0.880. The van der Waals surface area contributed by atoms with Crippen LogP contribution in [-0.2, 0) is 11.0 Å². The van der Waals surface area contributed by atoms with Crippen LogP contribution in [0, 0.1) is 0 Å². The molecule has 0 saturated heterocycles. The standard InChI is InChI=1S/C18H29O2P/c1-2-3-4-5-6-7-8-9-10-11-14-17-15-12-13-16-18(17)20-21-19/h12-13,15-16H,2-11,14H2,1H3. The summed E-state index contributed by atoms with van der Waals surface area (Å²) in [5, 5.41) is 0. The number of rotatable bonds is 13. The van der Waals surface area contributed by atoms with Gasteiger partial charge in [0.05, 0.1) is 0 Å². The molecule has 0 heterocycles. The Kier molecular flexibility index (Phi) is 11.1. The number of para-hydroxylation sites is 1. The van der Waals surface area contributed by atoms with Gasteiger partial charge in [0, 0.05) is 0 Å². The zero-order valence-electron chi connectivity index (χ0n) is 13.4. The van der Waals surface area contributed by atoms with E-state index in [1.807, 2.05) is 18.2 Å². The Morgan fingerprint density at radius 1 is 0.857 bits per heavy atom. The van der Waals surface area contributed by atoms with Crippen LogP contribution in [0.1, 0.15) is 76.7 Å². The van der Waals surface area contributed by atoms with E-state index in [-0.39, 0.29) is 8.69 Å². The summed E-state index contributed by atoms with van der Waals surface area (Å²) < 4.78 is 15.6. The smallest absolute Gasteiger partial charge is 0.395 e. The minimum absolute atomic E-state index is 0.268. The summed E-state index contributed by atoms with van der Waals surface area (Å²) in [6.45, 7) is 2.26. The monoisotopic (exact) mass is 308 g/mol. The van der Waals surface area contributed by atoms with E-state index in [1.165, 1.54) is 69.8 Å². The van der Waals surface area contributed by atoms with Crippen LogP contribution in [0.15, 0.2) is 24.3 Å². The van der Waals surface area contributed by atoms with Crippen molar-refractivity contribution in [2.24, 2.45) is 0 Å². The third-order valence-corrected chi connectivity index (χ3v) is 4.18. The molecule has 0 bridgehead atoms. The molecule has 3 heteroatoms. The third kappa shape index (κ3) is 8.88. The zero-order valence-corrected chi connectivity index (χ0v) is 14.2. The van der Waals surface area contributed by atoms with Crippen LogP contribution in [0.3, 0.4) is 0 Å².